The second-order valence-corrected chi connectivity index (χ2v) is 20.7. The maximum absolute atomic E-state index is 11.4. The van der Waals surface area contributed by atoms with Gasteiger partial charge in [-0.05, 0) is 98.2 Å². The lowest BCUT2D eigenvalue weighted by molar-refractivity contribution is -0.385. The number of aliphatic hydroxyl groups excluding tert-OH is 8. The van der Waals surface area contributed by atoms with Crippen LogP contribution < -0.4 is 0 Å². The molecule has 16 nitrogen and oxygen atoms in total. The molecule has 0 aromatic heterocycles. The Balaban J connectivity index is 0.987. The van der Waals surface area contributed by atoms with E-state index in [0.717, 1.165) is 51.6 Å². The second kappa shape index (κ2) is 16.1. The fraction of sp³-hybridized carbons (Fsp3) is 1.00. The van der Waals surface area contributed by atoms with Crippen LogP contribution in [0.4, 0.5) is 0 Å². The van der Waals surface area contributed by atoms with E-state index in [0.29, 0.717) is 42.4 Å². The molecule has 5 saturated heterocycles. The van der Waals surface area contributed by atoms with Gasteiger partial charge in [-0.2, -0.15) is 0 Å². The first-order valence-corrected chi connectivity index (χ1v) is 22.6. The van der Waals surface area contributed by atoms with E-state index in [2.05, 4.69) is 27.7 Å². The van der Waals surface area contributed by atoms with Crippen LogP contribution in [0.15, 0.2) is 0 Å². The van der Waals surface area contributed by atoms with Gasteiger partial charge in [0.2, 0.25) is 0 Å². The maximum atomic E-state index is 11.4. The minimum atomic E-state index is -1.70. The summed E-state index contributed by atoms with van der Waals surface area (Å²) >= 11 is 0. The summed E-state index contributed by atoms with van der Waals surface area (Å²) in [6.07, 6.45) is -11.5. The molecule has 5 heterocycles. The number of fused-ring (bicyclic) bond motifs is 7. The van der Waals surface area contributed by atoms with Gasteiger partial charge in [-0.1, -0.05) is 27.7 Å². The number of rotatable bonds is 6. The van der Waals surface area contributed by atoms with Crippen LogP contribution in [0, 0.1) is 52.3 Å². The normalized spacial score (nSPS) is 60.1. The van der Waals surface area contributed by atoms with Crippen molar-refractivity contribution in [3.05, 3.63) is 0 Å². The molecule has 16 heteroatoms. The predicted octanol–water partition coefficient (Wildman–Crippen LogP) is 0.543. The lowest BCUT2D eigenvalue weighted by atomic mass is 9.43. The van der Waals surface area contributed by atoms with Crippen molar-refractivity contribution >= 4 is 0 Å². The lowest BCUT2D eigenvalue weighted by Gasteiger charge is -2.63. The summed E-state index contributed by atoms with van der Waals surface area (Å²) in [7, 11) is 0. The van der Waals surface area contributed by atoms with Gasteiger partial charge in [0.05, 0.1) is 44.2 Å². The van der Waals surface area contributed by atoms with Crippen LogP contribution in [-0.2, 0) is 37.9 Å². The van der Waals surface area contributed by atoms with Gasteiger partial charge in [0.1, 0.15) is 54.9 Å². The second-order valence-electron chi connectivity index (χ2n) is 20.7. The number of hydrogen-bond donors (Lipinski definition) is 8. The zero-order valence-electron chi connectivity index (χ0n) is 35.1. The molecule has 0 aromatic rings. The van der Waals surface area contributed by atoms with Crippen LogP contribution in [0.2, 0.25) is 0 Å². The third-order valence-electron chi connectivity index (χ3n) is 17.5. The zero-order valence-corrected chi connectivity index (χ0v) is 35.1. The topological polar surface area (TPSA) is 236 Å². The maximum Gasteiger partial charge on any atom is 0.187 e. The molecule has 0 radical (unpaired) electrons. The molecule has 0 amide bonds. The highest BCUT2D eigenvalue weighted by atomic mass is 16.8. The highest BCUT2D eigenvalue weighted by Crippen LogP contribution is 2.71. The first-order chi connectivity index (χ1) is 28.0. The quantitative estimate of drug-likeness (QED) is 0.182. The molecule has 26 unspecified atom stereocenters. The predicted molar refractivity (Wildman–Crippen MR) is 204 cm³/mol. The minimum absolute atomic E-state index is 0.104. The van der Waals surface area contributed by atoms with Crippen molar-refractivity contribution in [3.63, 3.8) is 0 Å². The monoisotopic (exact) mass is 842 g/mol. The van der Waals surface area contributed by atoms with Crippen molar-refractivity contribution in [1.29, 1.82) is 0 Å². The lowest BCUT2D eigenvalue weighted by Crippen LogP contribution is -2.65. The Kier molecular flexibility index (Phi) is 11.9. The third-order valence-corrected chi connectivity index (χ3v) is 17.5. The van der Waals surface area contributed by atoms with Crippen LogP contribution in [0.5, 0.6) is 0 Å². The number of hydrogen-bond acceptors (Lipinski definition) is 16. The van der Waals surface area contributed by atoms with Gasteiger partial charge in [0.15, 0.2) is 24.7 Å². The molecule has 0 bridgehead atoms. The minimum Gasteiger partial charge on any atom is -0.393 e. The van der Waals surface area contributed by atoms with Crippen LogP contribution in [-0.4, -0.2) is 165 Å². The summed E-state index contributed by atoms with van der Waals surface area (Å²) in [6.45, 7) is 11.1. The van der Waals surface area contributed by atoms with Crippen LogP contribution in [0.3, 0.4) is 0 Å². The fourth-order valence-electron chi connectivity index (χ4n) is 14.2. The SMILES string of the molecule is CC1CCC2(OC1)OC1CC3C4CCC5CC(O)CC(OC6OCC(O)C(OC7OCC(O)C(O)C7O)C6OC6OC(C)C(O)C(O)C6O)C5(C)C4CCC3(C)C1C2C. The Morgan fingerprint density at radius 1 is 0.610 bits per heavy atom. The van der Waals surface area contributed by atoms with Crippen molar-refractivity contribution < 1.29 is 78.7 Å². The summed E-state index contributed by atoms with van der Waals surface area (Å²) in [5.41, 5.74) is -0.275. The molecule has 9 aliphatic rings. The van der Waals surface area contributed by atoms with Crippen molar-refractivity contribution in [2.75, 3.05) is 19.8 Å². The van der Waals surface area contributed by atoms with Crippen LogP contribution >= 0.6 is 0 Å². The molecule has 9 fully saturated rings. The molecule has 5 aliphatic heterocycles. The largest absolute Gasteiger partial charge is 0.393 e. The molecule has 9 rings (SSSR count). The Morgan fingerprint density at radius 2 is 1.32 bits per heavy atom. The molecular weight excluding hydrogens is 772 g/mol. The van der Waals surface area contributed by atoms with E-state index in [-0.39, 0.29) is 42.0 Å². The zero-order chi connectivity index (χ0) is 41.9. The first kappa shape index (κ1) is 43.6. The van der Waals surface area contributed by atoms with Crippen molar-refractivity contribution in [1.82, 2.24) is 0 Å². The molecule has 26 atom stereocenters. The van der Waals surface area contributed by atoms with Gasteiger partial charge >= 0.3 is 0 Å². The van der Waals surface area contributed by atoms with E-state index in [1.54, 1.807) is 0 Å². The molecule has 338 valence electrons. The van der Waals surface area contributed by atoms with Gasteiger partial charge in [0, 0.05) is 18.8 Å². The molecule has 59 heavy (non-hydrogen) atoms. The summed E-state index contributed by atoms with van der Waals surface area (Å²) in [6, 6.07) is 0. The average Bonchev–Trinajstić information content (AvgIpc) is 3.65. The van der Waals surface area contributed by atoms with E-state index in [4.69, 9.17) is 37.9 Å². The Hall–Kier alpha value is -0.640. The molecule has 8 N–H and O–H groups in total. The van der Waals surface area contributed by atoms with Crippen LogP contribution in [0.1, 0.15) is 92.4 Å². The standard InChI is InChI=1S/C43H70O16/c1-18-8-11-43(54-15-18)19(2)30-28(59-43)14-25-23-7-6-21-12-22(44)13-29(42(21,5)24(23)9-10-41(25,30)4)56-40-37(58-39-35(51)33(49)31(47)20(3)55-39)36(27(46)17-53-40)57-38-34(50)32(48)26(45)16-52-38/h18-40,44-51H,6-17H2,1-5H3. The Morgan fingerprint density at radius 3 is 2.07 bits per heavy atom. The van der Waals surface area contributed by atoms with Crippen LogP contribution in [0.25, 0.3) is 0 Å². The first-order valence-electron chi connectivity index (χ1n) is 22.6. The highest BCUT2D eigenvalue weighted by molar-refractivity contribution is 5.16. The van der Waals surface area contributed by atoms with Crippen molar-refractivity contribution in [2.24, 2.45) is 52.3 Å². The summed E-state index contributed by atoms with van der Waals surface area (Å²) in [5, 5.41) is 86.3. The fourth-order valence-corrected chi connectivity index (χ4v) is 14.2. The van der Waals surface area contributed by atoms with Gasteiger partial charge < -0.3 is 78.7 Å². The van der Waals surface area contributed by atoms with Gasteiger partial charge in [-0.3, -0.25) is 0 Å². The molecule has 4 aliphatic carbocycles. The smallest absolute Gasteiger partial charge is 0.187 e. The molecule has 1 spiro atoms. The molecule has 0 aromatic carbocycles. The Bertz CT molecular complexity index is 1480. The molecular formula is C43H70O16. The van der Waals surface area contributed by atoms with Crippen molar-refractivity contribution in [2.45, 2.75) is 196 Å². The van der Waals surface area contributed by atoms with E-state index >= 15 is 0 Å². The third kappa shape index (κ3) is 7.10. The average molecular weight is 843 g/mol. The van der Waals surface area contributed by atoms with E-state index in [1.807, 2.05) is 0 Å². The van der Waals surface area contributed by atoms with E-state index in [1.165, 1.54) is 6.92 Å². The summed E-state index contributed by atoms with van der Waals surface area (Å²) < 4.78 is 50.7. The van der Waals surface area contributed by atoms with Gasteiger partial charge in [-0.25, -0.2) is 0 Å². The van der Waals surface area contributed by atoms with E-state index in [9.17, 15) is 40.9 Å². The summed E-state index contributed by atoms with van der Waals surface area (Å²) in [4.78, 5) is 0. The number of aliphatic hydroxyl groups is 8. The highest BCUT2D eigenvalue weighted by Gasteiger charge is 2.70. The number of ether oxygens (including phenoxy) is 8. The summed E-state index contributed by atoms with van der Waals surface area (Å²) in [5.74, 6) is 2.11. The van der Waals surface area contributed by atoms with Gasteiger partial charge in [0.25, 0.3) is 0 Å². The van der Waals surface area contributed by atoms with Crippen molar-refractivity contribution in [3.8, 4) is 0 Å². The van der Waals surface area contributed by atoms with E-state index < -0.39 is 97.9 Å². The molecule has 4 saturated carbocycles. The van der Waals surface area contributed by atoms with Gasteiger partial charge in [-0.15, -0.1) is 0 Å². The Labute approximate surface area is 346 Å².